The maximum atomic E-state index is 5.29. The van der Waals surface area contributed by atoms with Gasteiger partial charge in [-0.2, -0.15) is 0 Å². The summed E-state index contributed by atoms with van der Waals surface area (Å²) in [5, 5.41) is 16.9. The highest BCUT2D eigenvalue weighted by atomic mass is 15.4. The molecule has 0 bridgehead atoms. The monoisotopic (exact) mass is 724 g/mol. The first kappa shape index (κ1) is 33.1. The highest BCUT2D eigenvalue weighted by Gasteiger charge is 2.26. The summed E-state index contributed by atoms with van der Waals surface area (Å²) in [6.45, 7) is 0. The number of hydrogen-bond acceptors (Lipinski definition) is 2. The Bertz CT molecular complexity index is 2790. The van der Waals surface area contributed by atoms with Gasteiger partial charge in [-0.3, -0.25) is 0 Å². The molecule has 0 saturated carbocycles. The first-order chi connectivity index (χ1) is 27.8. The van der Waals surface area contributed by atoms with Crippen LogP contribution in [0.2, 0.25) is 0 Å². The second kappa shape index (κ2) is 13.8. The molecule has 2 unspecified atom stereocenters. The lowest BCUT2D eigenvalue weighted by Gasteiger charge is -2.50. The van der Waals surface area contributed by atoms with Crippen molar-refractivity contribution in [1.82, 2.24) is 19.8 Å². The number of hydrogen-bond donors (Lipinski definition) is 2. The van der Waals surface area contributed by atoms with Gasteiger partial charge in [-0.25, -0.2) is 0 Å². The van der Waals surface area contributed by atoms with Crippen LogP contribution in [0.15, 0.2) is 170 Å². The zero-order valence-corrected chi connectivity index (χ0v) is 31.1. The molecule has 1 aliphatic heterocycles. The smallest absolute Gasteiger partial charge is 0.0815 e. The second-order valence-electron chi connectivity index (χ2n) is 15.2. The Hall–Kier alpha value is -6.24. The third-order valence-corrected chi connectivity index (χ3v) is 11.8. The van der Waals surface area contributed by atoms with Crippen LogP contribution >= 0.6 is 0 Å². The zero-order chi connectivity index (χ0) is 37.0. The molecule has 272 valence electrons. The lowest BCUT2D eigenvalue weighted by atomic mass is 9.98. The van der Waals surface area contributed by atoms with Crippen molar-refractivity contribution in [3.8, 4) is 16.8 Å². The lowest BCUT2D eigenvalue weighted by molar-refractivity contribution is 0.316. The summed E-state index contributed by atoms with van der Waals surface area (Å²) >= 11 is 0. The van der Waals surface area contributed by atoms with E-state index in [9.17, 15) is 0 Å². The predicted molar refractivity (Wildman–Crippen MR) is 232 cm³/mol. The fraction of sp³-hybridized carbons (Fsp3) is 0.137. The molecule has 2 aromatic heterocycles. The normalized spacial score (nSPS) is 19.4. The van der Waals surface area contributed by atoms with Crippen molar-refractivity contribution in [3.63, 3.8) is 0 Å². The van der Waals surface area contributed by atoms with Crippen LogP contribution < -0.4 is 10.6 Å². The van der Waals surface area contributed by atoms with E-state index in [4.69, 9.17) is 5.32 Å². The molecule has 3 heterocycles. The summed E-state index contributed by atoms with van der Waals surface area (Å²) in [6, 6.07) is 52.9. The SMILES string of the molecule is C1=CC(n2c3c(c4cc5c6ccccc6n(-c6cc(-c7ccccc7)cc(C7NC(c8ccccc8)[N-]C(c8ccccc8)N7)c6)c5cc42)C=CCC3)=CCC1. The van der Waals surface area contributed by atoms with E-state index in [2.05, 4.69) is 196 Å². The van der Waals surface area contributed by atoms with Crippen molar-refractivity contribution in [1.29, 1.82) is 0 Å². The molecular weight excluding hydrogens is 683 g/mol. The molecule has 0 radical (unpaired) electrons. The molecule has 2 aliphatic carbocycles. The van der Waals surface area contributed by atoms with E-state index < -0.39 is 0 Å². The number of benzene rings is 6. The summed E-state index contributed by atoms with van der Waals surface area (Å²) in [6.07, 6.45) is 15.5. The number of para-hydroxylation sites is 1. The Kier molecular flexibility index (Phi) is 8.17. The van der Waals surface area contributed by atoms with E-state index in [0.29, 0.717) is 0 Å². The van der Waals surface area contributed by atoms with Gasteiger partial charge < -0.3 is 25.1 Å². The van der Waals surface area contributed by atoms with E-state index in [1.165, 1.54) is 60.8 Å². The molecule has 0 amide bonds. The summed E-state index contributed by atoms with van der Waals surface area (Å²) in [4.78, 5) is 0. The van der Waals surface area contributed by atoms with Gasteiger partial charge in [-0.1, -0.05) is 157 Å². The number of rotatable bonds is 6. The largest absolute Gasteiger partial charge is 0.624 e. The first-order valence-corrected chi connectivity index (χ1v) is 19.9. The Morgan fingerprint density at radius 1 is 0.500 bits per heavy atom. The molecule has 1 saturated heterocycles. The van der Waals surface area contributed by atoms with E-state index in [1.54, 1.807) is 0 Å². The Morgan fingerprint density at radius 3 is 1.91 bits per heavy atom. The molecule has 56 heavy (non-hydrogen) atoms. The molecule has 5 nitrogen and oxygen atoms in total. The number of nitrogens with zero attached hydrogens (tertiary/aromatic N) is 3. The van der Waals surface area contributed by atoms with Gasteiger partial charge >= 0.3 is 0 Å². The minimum Gasteiger partial charge on any atom is -0.624 e. The van der Waals surface area contributed by atoms with Crippen LogP contribution in [0.1, 0.15) is 65.7 Å². The van der Waals surface area contributed by atoms with Crippen molar-refractivity contribution in [2.45, 2.75) is 44.2 Å². The highest BCUT2D eigenvalue weighted by molar-refractivity contribution is 6.15. The van der Waals surface area contributed by atoms with Crippen molar-refractivity contribution >= 4 is 44.5 Å². The van der Waals surface area contributed by atoms with E-state index in [0.717, 1.165) is 48.1 Å². The quantitative estimate of drug-likeness (QED) is 0.179. The van der Waals surface area contributed by atoms with E-state index in [-0.39, 0.29) is 18.5 Å². The average Bonchev–Trinajstić information content (AvgIpc) is 3.78. The summed E-state index contributed by atoms with van der Waals surface area (Å²) in [7, 11) is 0. The molecule has 3 aliphatic rings. The van der Waals surface area contributed by atoms with Gasteiger partial charge in [-0.05, 0) is 84.8 Å². The van der Waals surface area contributed by atoms with E-state index in [1.807, 2.05) is 0 Å². The van der Waals surface area contributed by atoms with Gasteiger partial charge in [0.15, 0.2) is 0 Å². The van der Waals surface area contributed by atoms with Crippen LogP contribution in [-0.2, 0) is 6.42 Å². The third-order valence-electron chi connectivity index (χ3n) is 11.8. The zero-order valence-electron chi connectivity index (χ0n) is 31.1. The molecule has 11 rings (SSSR count). The maximum absolute atomic E-state index is 5.29. The number of aromatic nitrogens is 2. The van der Waals surface area contributed by atoms with Crippen molar-refractivity contribution in [2.24, 2.45) is 0 Å². The van der Waals surface area contributed by atoms with Gasteiger partial charge in [0.25, 0.3) is 0 Å². The van der Waals surface area contributed by atoms with Gasteiger partial charge in [0.2, 0.25) is 0 Å². The van der Waals surface area contributed by atoms with Crippen LogP contribution in [0.5, 0.6) is 0 Å². The van der Waals surface area contributed by atoms with E-state index >= 15 is 0 Å². The lowest BCUT2D eigenvalue weighted by Crippen LogP contribution is -2.44. The first-order valence-electron chi connectivity index (χ1n) is 19.9. The van der Waals surface area contributed by atoms with Crippen LogP contribution in [-0.4, -0.2) is 9.13 Å². The summed E-state index contributed by atoms with van der Waals surface area (Å²) < 4.78 is 5.04. The van der Waals surface area contributed by atoms with Gasteiger partial charge in [0, 0.05) is 38.8 Å². The predicted octanol–water partition coefficient (Wildman–Crippen LogP) is 12.5. The van der Waals surface area contributed by atoms with Crippen molar-refractivity contribution < 1.29 is 0 Å². The molecule has 5 heteroatoms. The van der Waals surface area contributed by atoms with Crippen LogP contribution in [0, 0.1) is 0 Å². The molecular formula is C51H42N5-. The molecule has 1 fully saturated rings. The molecule has 6 aromatic carbocycles. The van der Waals surface area contributed by atoms with Crippen molar-refractivity contribution in [2.75, 3.05) is 0 Å². The minimum absolute atomic E-state index is 0.175. The number of allylic oxidation sites excluding steroid dienone is 5. The summed E-state index contributed by atoms with van der Waals surface area (Å²) in [5.41, 5.74) is 14.7. The third kappa shape index (κ3) is 5.67. The fourth-order valence-electron chi connectivity index (χ4n) is 9.17. The number of fused-ring (bicyclic) bond motifs is 6. The number of nitrogens with one attached hydrogen (secondary N) is 2. The fourth-order valence-corrected chi connectivity index (χ4v) is 9.17. The Morgan fingerprint density at radius 2 is 1.18 bits per heavy atom. The molecule has 0 spiro atoms. The standard InChI is InChI=1S/C51H42N5/c1-5-17-34(18-6-1)37-29-38(51-53-49(35-19-7-2-8-20-35)52-50(54-51)36-21-9-3-10-22-36)31-40(30-37)56-46-28-16-14-26-42(46)44-32-43-41-25-13-15-27-45(41)55(47(43)33-48(44)56)39-23-11-4-12-24-39/h1-3,5-11,13-14,16-26,28-33,49-51,53-54H,4,12,15,27H2/q-1. The minimum atomic E-state index is -0.186. The van der Waals surface area contributed by atoms with Gasteiger partial charge in [0.1, 0.15) is 0 Å². The summed E-state index contributed by atoms with van der Waals surface area (Å²) in [5.74, 6) is 0. The maximum Gasteiger partial charge on any atom is 0.0815 e. The van der Waals surface area contributed by atoms with Crippen LogP contribution in [0.4, 0.5) is 0 Å². The van der Waals surface area contributed by atoms with Crippen LogP contribution in [0.3, 0.4) is 0 Å². The Balaban J connectivity index is 1.14. The van der Waals surface area contributed by atoms with Gasteiger partial charge in [-0.15, -0.1) is 0 Å². The highest BCUT2D eigenvalue weighted by Crippen LogP contribution is 2.43. The molecule has 2 atom stereocenters. The topological polar surface area (TPSA) is 48.0 Å². The average molecular weight is 725 g/mol. The second-order valence-corrected chi connectivity index (χ2v) is 15.2. The van der Waals surface area contributed by atoms with Crippen LogP contribution in [0.25, 0.3) is 66.6 Å². The molecule has 2 N–H and O–H groups in total. The molecule has 8 aromatic rings. The van der Waals surface area contributed by atoms with Crippen molar-refractivity contribution in [3.05, 3.63) is 203 Å². The Labute approximate surface area is 327 Å². The van der Waals surface area contributed by atoms with Gasteiger partial charge in [0.05, 0.1) is 22.7 Å².